The number of nitrogens with one attached hydrogen (secondary N) is 1. The lowest BCUT2D eigenvalue weighted by atomic mass is 10.1. The van der Waals surface area contributed by atoms with Crippen molar-refractivity contribution >= 4 is 11.6 Å². The second-order valence-electron chi connectivity index (χ2n) is 4.69. The molecular formula is C16H17FN2O. The van der Waals surface area contributed by atoms with Crippen LogP contribution in [-0.2, 0) is 6.54 Å². The molecule has 104 valence electrons. The molecule has 0 saturated carbocycles. The van der Waals surface area contributed by atoms with Gasteiger partial charge in [-0.1, -0.05) is 30.3 Å². The number of nitrogens with zero attached hydrogens (tertiary/aromatic N) is 1. The predicted molar refractivity (Wildman–Crippen MR) is 78.3 cm³/mol. The second-order valence-corrected chi connectivity index (χ2v) is 4.69. The van der Waals surface area contributed by atoms with Crippen molar-refractivity contribution in [1.82, 2.24) is 5.32 Å². The third-order valence-corrected chi connectivity index (χ3v) is 3.03. The van der Waals surface area contributed by atoms with Crippen molar-refractivity contribution in [2.45, 2.75) is 6.54 Å². The van der Waals surface area contributed by atoms with Crippen LogP contribution in [0.15, 0.2) is 48.5 Å². The monoisotopic (exact) mass is 272 g/mol. The lowest BCUT2D eigenvalue weighted by Crippen LogP contribution is -2.25. The quantitative estimate of drug-likeness (QED) is 0.928. The summed E-state index contributed by atoms with van der Waals surface area (Å²) in [5.41, 5.74) is 2.08. The van der Waals surface area contributed by atoms with E-state index in [1.165, 1.54) is 12.1 Å². The Morgan fingerprint density at radius 1 is 1.10 bits per heavy atom. The lowest BCUT2D eigenvalue weighted by molar-refractivity contribution is 0.0947. The Kier molecular flexibility index (Phi) is 4.35. The molecule has 0 unspecified atom stereocenters. The molecule has 0 fully saturated rings. The van der Waals surface area contributed by atoms with Gasteiger partial charge in [0.15, 0.2) is 0 Å². The summed E-state index contributed by atoms with van der Waals surface area (Å²) in [7, 11) is 3.88. The number of anilines is 1. The van der Waals surface area contributed by atoms with Crippen LogP contribution in [0.4, 0.5) is 10.1 Å². The van der Waals surface area contributed by atoms with Crippen molar-refractivity contribution in [3.05, 3.63) is 65.5 Å². The highest BCUT2D eigenvalue weighted by molar-refractivity contribution is 5.94. The van der Waals surface area contributed by atoms with Crippen LogP contribution in [-0.4, -0.2) is 20.0 Å². The van der Waals surface area contributed by atoms with Gasteiger partial charge >= 0.3 is 0 Å². The number of rotatable bonds is 4. The Hall–Kier alpha value is -2.36. The average Bonchev–Trinajstić information content (AvgIpc) is 2.45. The fourth-order valence-corrected chi connectivity index (χ4v) is 2.01. The third-order valence-electron chi connectivity index (χ3n) is 3.03. The first kappa shape index (κ1) is 14.1. The first-order chi connectivity index (χ1) is 9.59. The number of para-hydroxylation sites is 1. The summed E-state index contributed by atoms with van der Waals surface area (Å²) in [5, 5.41) is 2.75. The zero-order valence-corrected chi connectivity index (χ0v) is 11.6. The van der Waals surface area contributed by atoms with Crippen LogP contribution < -0.4 is 10.2 Å². The van der Waals surface area contributed by atoms with Crippen molar-refractivity contribution < 1.29 is 9.18 Å². The molecule has 0 atom stereocenters. The number of benzene rings is 2. The number of amides is 1. The molecule has 0 aliphatic carbocycles. The number of hydrogen-bond acceptors (Lipinski definition) is 2. The molecule has 0 bridgehead atoms. The standard InChI is InChI=1S/C16H17FN2O/c1-19(2)15-10-6-3-7-12(15)11-18-16(20)13-8-4-5-9-14(13)17/h3-10H,11H2,1-2H3,(H,18,20). The molecule has 2 aromatic rings. The Bertz CT molecular complexity index is 611. The van der Waals surface area contributed by atoms with E-state index >= 15 is 0 Å². The zero-order valence-electron chi connectivity index (χ0n) is 11.6. The normalized spacial score (nSPS) is 10.2. The fraction of sp³-hybridized carbons (Fsp3) is 0.188. The summed E-state index contributed by atoms with van der Waals surface area (Å²) in [6.45, 7) is 0.363. The first-order valence-corrected chi connectivity index (χ1v) is 6.37. The minimum absolute atomic E-state index is 0.0647. The summed E-state index contributed by atoms with van der Waals surface area (Å²) in [6.07, 6.45) is 0. The summed E-state index contributed by atoms with van der Waals surface area (Å²) < 4.78 is 13.5. The fourth-order valence-electron chi connectivity index (χ4n) is 2.01. The molecule has 0 aromatic heterocycles. The molecule has 0 saturated heterocycles. The van der Waals surface area contributed by atoms with Gasteiger partial charge in [-0.3, -0.25) is 4.79 Å². The lowest BCUT2D eigenvalue weighted by Gasteiger charge is -2.17. The van der Waals surface area contributed by atoms with Crippen molar-refractivity contribution in [3.8, 4) is 0 Å². The topological polar surface area (TPSA) is 32.3 Å². The third kappa shape index (κ3) is 3.15. The molecule has 0 aliphatic heterocycles. The van der Waals surface area contributed by atoms with Gasteiger partial charge in [0.05, 0.1) is 5.56 Å². The zero-order chi connectivity index (χ0) is 14.5. The molecule has 20 heavy (non-hydrogen) atoms. The smallest absolute Gasteiger partial charge is 0.254 e. The molecule has 2 rings (SSSR count). The average molecular weight is 272 g/mol. The number of hydrogen-bond donors (Lipinski definition) is 1. The maximum atomic E-state index is 13.5. The van der Waals surface area contributed by atoms with Crippen molar-refractivity contribution in [2.24, 2.45) is 0 Å². The van der Waals surface area contributed by atoms with Crippen LogP contribution in [0.5, 0.6) is 0 Å². The van der Waals surface area contributed by atoms with E-state index in [0.717, 1.165) is 11.3 Å². The van der Waals surface area contributed by atoms with E-state index in [-0.39, 0.29) is 5.56 Å². The molecule has 1 N–H and O–H groups in total. The van der Waals surface area contributed by atoms with Gasteiger partial charge in [0.25, 0.3) is 5.91 Å². The van der Waals surface area contributed by atoms with Crippen molar-refractivity contribution in [1.29, 1.82) is 0 Å². The Balaban J connectivity index is 2.10. The summed E-state index contributed by atoms with van der Waals surface area (Å²) in [5.74, 6) is -0.914. The second kappa shape index (κ2) is 6.19. The van der Waals surface area contributed by atoms with Gasteiger partial charge in [-0.2, -0.15) is 0 Å². The predicted octanol–water partition coefficient (Wildman–Crippen LogP) is 2.82. The molecule has 3 nitrogen and oxygen atoms in total. The summed E-state index contributed by atoms with van der Waals surface area (Å²) >= 11 is 0. The molecule has 0 radical (unpaired) electrons. The molecule has 0 spiro atoms. The largest absolute Gasteiger partial charge is 0.377 e. The van der Waals surface area contributed by atoms with Crippen molar-refractivity contribution in [3.63, 3.8) is 0 Å². The summed E-state index contributed by atoms with van der Waals surface area (Å²) in [6, 6.07) is 13.7. The van der Waals surface area contributed by atoms with Gasteiger partial charge in [0.1, 0.15) is 5.82 Å². The number of carbonyl (C=O) groups is 1. The van der Waals surface area contributed by atoms with Crippen LogP contribution in [0.3, 0.4) is 0 Å². The van der Waals surface area contributed by atoms with Gasteiger partial charge in [0, 0.05) is 26.3 Å². The molecule has 1 amide bonds. The molecule has 2 aromatic carbocycles. The van der Waals surface area contributed by atoms with Gasteiger partial charge in [-0.05, 0) is 23.8 Å². The van der Waals surface area contributed by atoms with Crippen LogP contribution in [0.1, 0.15) is 15.9 Å². The van der Waals surface area contributed by atoms with Crippen LogP contribution in [0.25, 0.3) is 0 Å². The number of carbonyl (C=O) groups excluding carboxylic acids is 1. The Labute approximate surface area is 118 Å². The molecule has 0 aliphatic rings. The highest BCUT2D eigenvalue weighted by atomic mass is 19.1. The van der Waals surface area contributed by atoms with E-state index in [1.807, 2.05) is 43.3 Å². The molecular weight excluding hydrogens is 255 g/mol. The SMILES string of the molecule is CN(C)c1ccccc1CNC(=O)c1ccccc1F. The Morgan fingerprint density at radius 3 is 2.45 bits per heavy atom. The van der Waals surface area contributed by atoms with E-state index in [0.29, 0.717) is 6.54 Å². The van der Waals surface area contributed by atoms with E-state index in [2.05, 4.69) is 5.32 Å². The van der Waals surface area contributed by atoms with Gasteiger partial charge in [0.2, 0.25) is 0 Å². The van der Waals surface area contributed by atoms with E-state index in [9.17, 15) is 9.18 Å². The Morgan fingerprint density at radius 2 is 1.75 bits per heavy atom. The van der Waals surface area contributed by atoms with E-state index < -0.39 is 11.7 Å². The highest BCUT2D eigenvalue weighted by Gasteiger charge is 2.11. The van der Waals surface area contributed by atoms with Crippen LogP contribution in [0.2, 0.25) is 0 Å². The van der Waals surface area contributed by atoms with E-state index in [1.54, 1.807) is 12.1 Å². The van der Waals surface area contributed by atoms with Gasteiger partial charge in [-0.15, -0.1) is 0 Å². The first-order valence-electron chi connectivity index (χ1n) is 6.37. The van der Waals surface area contributed by atoms with Gasteiger partial charge in [-0.25, -0.2) is 4.39 Å². The van der Waals surface area contributed by atoms with E-state index in [4.69, 9.17) is 0 Å². The minimum Gasteiger partial charge on any atom is -0.377 e. The van der Waals surface area contributed by atoms with Crippen LogP contribution >= 0.6 is 0 Å². The molecule has 4 heteroatoms. The van der Waals surface area contributed by atoms with Crippen molar-refractivity contribution in [2.75, 3.05) is 19.0 Å². The highest BCUT2D eigenvalue weighted by Crippen LogP contribution is 2.17. The van der Waals surface area contributed by atoms with Gasteiger partial charge < -0.3 is 10.2 Å². The number of halogens is 1. The maximum Gasteiger partial charge on any atom is 0.254 e. The maximum absolute atomic E-state index is 13.5. The molecule has 0 heterocycles. The summed E-state index contributed by atoms with van der Waals surface area (Å²) in [4.78, 5) is 13.9. The van der Waals surface area contributed by atoms with Crippen LogP contribution in [0, 0.1) is 5.82 Å². The minimum atomic E-state index is -0.508.